The van der Waals surface area contributed by atoms with Gasteiger partial charge in [0, 0.05) is 5.41 Å². The van der Waals surface area contributed by atoms with E-state index in [0.717, 1.165) is 5.41 Å². The molecule has 0 unspecified atom stereocenters. The highest BCUT2D eigenvalue weighted by Gasteiger charge is 2.15. The fourth-order valence-corrected chi connectivity index (χ4v) is 1.86. The molecule has 0 aliphatic carbocycles. The van der Waals surface area contributed by atoms with Gasteiger partial charge in [-0.3, -0.25) is 0 Å². The molecule has 2 N–H and O–H groups in total. The minimum absolute atomic E-state index is 0.418. The van der Waals surface area contributed by atoms with Crippen molar-refractivity contribution < 1.29 is 17.9 Å². The molecule has 0 fully saturated rings. The summed E-state index contributed by atoms with van der Waals surface area (Å²) in [5.74, 6) is -0.424. The van der Waals surface area contributed by atoms with Gasteiger partial charge in [0.1, 0.15) is 5.82 Å². The third-order valence-corrected chi connectivity index (χ3v) is 3.03. The molecule has 0 bridgehead atoms. The Bertz CT molecular complexity index is 455. The van der Waals surface area contributed by atoms with Gasteiger partial charge in [-0.25, -0.2) is 17.5 Å². The predicted molar refractivity (Wildman–Crippen MR) is 58.5 cm³/mol. The lowest BCUT2D eigenvalue weighted by Crippen LogP contribution is -2.29. The molecule has 0 aliphatic rings. The van der Waals surface area contributed by atoms with Crippen molar-refractivity contribution in [3.05, 3.63) is 47.6 Å². The standard InChI is InChI=1S/C10H12FNO3S/c1-2-16(14,15)12-10(7-13)8-3-5-9(11)6-4-8/h2-6,10,12-13H,1,7H2/t10-/m0/s1. The van der Waals surface area contributed by atoms with Crippen LogP contribution >= 0.6 is 0 Å². The van der Waals surface area contributed by atoms with Crippen molar-refractivity contribution in [2.75, 3.05) is 6.61 Å². The van der Waals surface area contributed by atoms with E-state index in [-0.39, 0.29) is 0 Å². The fourth-order valence-electron chi connectivity index (χ4n) is 1.15. The maximum absolute atomic E-state index is 12.6. The van der Waals surface area contributed by atoms with E-state index in [2.05, 4.69) is 11.3 Å². The Morgan fingerprint density at radius 3 is 2.44 bits per heavy atom. The average molecular weight is 245 g/mol. The van der Waals surface area contributed by atoms with Gasteiger partial charge in [0.2, 0.25) is 10.0 Å². The lowest BCUT2D eigenvalue weighted by atomic mass is 10.1. The monoisotopic (exact) mass is 245 g/mol. The van der Waals surface area contributed by atoms with Gasteiger partial charge < -0.3 is 5.11 Å². The van der Waals surface area contributed by atoms with E-state index in [1.54, 1.807) is 0 Å². The average Bonchev–Trinajstić information content (AvgIpc) is 2.27. The fraction of sp³-hybridized carbons (Fsp3) is 0.200. The normalized spacial score (nSPS) is 13.4. The summed E-state index contributed by atoms with van der Waals surface area (Å²) in [5, 5.41) is 9.80. The molecule has 0 radical (unpaired) electrons. The number of sulfonamides is 1. The van der Waals surface area contributed by atoms with E-state index in [1.807, 2.05) is 0 Å². The summed E-state index contributed by atoms with van der Waals surface area (Å²) < 4.78 is 37.2. The molecule has 0 saturated carbocycles. The minimum Gasteiger partial charge on any atom is -0.394 e. The number of hydrogen-bond donors (Lipinski definition) is 2. The van der Waals surface area contributed by atoms with Crippen LogP contribution in [0.3, 0.4) is 0 Å². The van der Waals surface area contributed by atoms with Crippen molar-refractivity contribution >= 4 is 10.0 Å². The predicted octanol–water partition coefficient (Wildman–Crippen LogP) is 0.922. The summed E-state index contributed by atoms with van der Waals surface area (Å²) in [4.78, 5) is 0. The van der Waals surface area contributed by atoms with Crippen LogP contribution in [-0.4, -0.2) is 20.1 Å². The first-order chi connectivity index (χ1) is 7.48. The molecular weight excluding hydrogens is 233 g/mol. The lowest BCUT2D eigenvalue weighted by Gasteiger charge is -2.15. The lowest BCUT2D eigenvalue weighted by molar-refractivity contribution is 0.259. The van der Waals surface area contributed by atoms with Gasteiger partial charge in [0.05, 0.1) is 12.6 Å². The zero-order valence-corrected chi connectivity index (χ0v) is 9.24. The summed E-state index contributed by atoms with van der Waals surface area (Å²) in [6.07, 6.45) is 0. The van der Waals surface area contributed by atoms with Crippen molar-refractivity contribution in [2.45, 2.75) is 6.04 Å². The van der Waals surface area contributed by atoms with Gasteiger partial charge in [0.25, 0.3) is 0 Å². The Morgan fingerprint density at radius 1 is 1.44 bits per heavy atom. The van der Waals surface area contributed by atoms with E-state index < -0.39 is 28.5 Å². The first-order valence-corrected chi connectivity index (χ1v) is 6.04. The summed E-state index contributed by atoms with van der Waals surface area (Å²) >= 11 is 0. The third-order valence-electron chi connectivity index (χ3n) is 1.98. The Labute approximate surface area is 93.5 Å². The van der Waals surface area contributed by atoms with Gasteiger partial charge >= 0.3 is 0 Å². The van der Waals surface area contributed by atoms with E-state index in [1.165, 1.54) is 24.3 Å². The molecular formula is C10H12FNO3S. The second kappa shape index (κ2) is 5.20. The Balaban J connectivity index is 2.91. The molecule has 1 atom stereocenters. The number of benzene rings is 1. The number of aliphatic hydroxyl groups excluding tert-OH is 1. The highest BCUT2D eigenvalue weighted by Crippen LogP contribution is 2.14. The molecule has 0 saturated heterocycles. The van der Waals surface area contributed by atoms with Crippen LogP contribution in [0.25, 0.3) is 0 Å². The highest BCUT2D eigenvalue weighted by atomic mass is 32.2. The SMILES string of the molecule is C=CS(=O)(=O)N[C@@H](CO)c1ccc(F)cc1. The second-order valence-electron chi connectivity index (χ2n) is 3.12. The molecule has 0 heterocycles. The van der Waals surface area contributed by atoms with E-state index in [0.29, 0.717) is 5.56 Å². The first-order valence-electron chi connectivity index (χ1n) is 4.49. The third kappa shape index (κ3) is 3.41. The van der Waals surface area contributed by atoms with Crippen molar-refractivity contribution in [3.8, 4) is 0 Å². The molecule has 16 heavy (non-hydrogen) atoms. The summed E-state index contributed by atoms with van der Waals surface area (Å²) in [5.41, 5.74) is 0.481. The van der Waals surface area contributed by atoms with Gasteiger partial charge in [-0.05, 0) is 17.7 Å². The van der Waals surface area contributed by atoms with Crippen LogP contribution in [-0.2, 0) is 10.0 Å². The van der Waals surface area contributed by atoms with E-state index in [4.69, 9.17) is 5.11 Å². The van der Waals surface area contributed by atoms with E-state index >= 15 is 0 Å². The largest absolute Gasteiger partial charge is 0.394 e. The number of rotatable bonds is 5. The molecule has 88 valence electrons. The van der Waals surface area contributed by atoms with E-state index in [9.17, 15) is 12.8 Å². The molecule has 1 aromatic rings. The summed E-state index contributed by atoms with van der Waals surface area (Å²) in [6, 6.07) is 4.40. The molecule has 6 heteroatoms. The molecule has 1 aromatic carbocycles. The van der Waals surface area contributed by atoms with Gasteiger partial charge in [-0.15, -0.1) is 0 Å². The van der Waals surface area contributed by atoms with Crippen molar-refractivity contribution in [3.63, 3.8) is 0 Å². The molecule has 0 amide bonds. The van der Waals surface area contributed by atoms with Crippen LogP contribution in [0.4, 0.5) is 4.39 Å². The van der Waals surface area contributed by atoms with Crippen LogP contribution in [0.15, 0.2) is 36.3 Å². The molecule has 0 aliphatic heterocycles. The van der Waals surface area contributed by atoms with Crippen LogP contribution < -0.4 is 4.72 Å². The maximum Gasteiger partial charge on any atom is 0.233 e. The molecule has 0 spiro atoms. The zero-order valence-electron chi connectivity index (χ0n) is 8.43. The molecule has 0 aromatic heterocycles. The highest BCUT2D eigenvalue weighted by molar-refractivity contribution is 7.92. The zero-order chi connectivity index (χ0) is 12.2. The quantitative estimate of drug-likeness (QED) is 0.810. The van der Waals surface area contributed by atoms with Crippen LogP contribution in [0.2, 0.25) is 0 Å². The Hall–Kier alpha value is -1.24. The van der Waals surface area contributed by atoms with Crippen molar-refractivity contribution in [1.82, 2.24) is 4.72 Å². The smallest absolute Gasteiger partial charge is 0.233 e. The minimum atomic E-state index is -3.63. The maximum atomic E-state index is 12.6. The van der Waals surface area contributed by atoms with Gasteiger partial charge in [0.15, 0.2) is 0 Å². The van der Waals surface area contributed by atoms with Crippen LogP contribution in [0, 0.1) is 5.82 Å². The number of nitrogens with one attached hydrogen (secondary N) is 1. The Morgan fingerprint density at radius 2 is 2.00 bits per heavy atom. The van der Waals surface area contributed by atoms with Crippen LogP contribution in [0.5, 0.6) is 0 Å². The van der Waals surface area contributed by atoms with Gasteiger partial charge in [-0.1, -0.05) is 18.7 Å². The first kappa shape index (κ1) is 12.8. The number of hydrogen-bond acceptors (Lipinski definition) is 3. The summed E-state index contributed by atoms with van der Waals surface area (Å²) in [7, 11) is -3.63. The second-order valence-corrected chi connectivity index (χ2v) is 4.78. The van der Waals surface area contributed by atoms with Crippen molar-refractivity contribution in [1.29, 1.82) is 0 Å². The summed E-state index contributed by atoms with van der Waals surface area (Å²) in [6.45, 7) is 2.72. The van der Waals surface area contributed by atoms with Crippen LogP contribution in [0.1, 0.15) is 11.6 Å². The number of aliphatic hydroxyl groups is 1. The molecule has 1 rings (SSSR count). The van der Waals surface area contributed by atoms with Gasteiger partial charge in [-0.2, -0.15) is 0 Å². The Kier molecular flexibility index (Phi) is 4.17. The van der Waals surface area contributed by atoms with Crippen molar-refractivity contribution in [2.24, 2.45) is 0 Å². The number of halogens is 1. The topological polar surface area (TPSA) is 66.4 Å². The molecule has 4 nitrogen and oxygen atoms in total.